The number of aromatic nitrogens is 3. The van der Waals surface area contributed by atoms with E-state index in [9.17, 15) is 4.79 Å². The molecule has 0 aliphatic heterocycles. The Morgan fingerprint density at radius 3 is 2.67 bits per heavy atom. The first-order valence-corrected chi connectivity index (χ1v) is 7.34. The summed E-state index contributed by atoms with van der Waals surface area (Å²) in [4.78, 5) is 20.3. The van der Waals surface area contributed by atoms with E-state index in [-0.39, 0.29) is 18.1 Å². The van der Waals surface area contributed by atoms with Gasteiger partial charge in [-0.1, -0.05) is 5.16 Å². The molecule has 0 aliphatic carbocycles. The highest BCUT2D eigenvalue weighted by Crippen LogP contribution is 2.27. The molecule has 8 nitrogen and oxygen atoms in total. The zero-order valence-corrected chi connectivity index (χ0v) is 13.5. The number of methoxy groups -OCH3 is 1. The minimum atomic E-state index is -0.619. The van der Waals surface area contributed by atoms with Gasteiger partial charge in [-0.15, -0.1) is 0 Å². The van der Waals surface area contributed by atoms with Crippen LogP contribution in [0.1, 0.15) is 23.2 Å². The first kappa shape index (κ1) is 15.7. The number of hydrogen-bond donors (Lipinski definition) is 1. The SMILES string of the molecule is CCOC(=O)c1nc(Nc2ccc(OC)cc2)c2c(C)noc2n1. The fourth-order valence-corrected chi connectivity index (χ4v) is 2.18. The molecule has 3 rings (SSSR count). The van der Waals surface area contributed by atoms with E-state index >= 15 is 0 Å². The predicted molar refractivity (Wildman–Crippen MR) is 86.6 cm³/mol. The maximum Gasteiger partial charge on any atom is 0.376 e. The molecule has 2 heterocycles. The van der Waals surface area contributed by atoms with Gasteiger partial charge in [-0.3, -0.25) is 0 Å². The summed E-state index contributed by atoms with van der Waals surface area (Å²) in [6.45, 7) is 3.72. The fraction of sp³-hybridized carbons (Fsp3) is 0.250. The number of benzene rings is 1. The van der Waals surface area contributed by atoms with Gasteiger partial charge in [-0.25, -0.2) is 9.78 Å². The summed E-state index contributed by atoms with van der Waals surface area (Å²) in [5.41, 5.74) is 1.61. The first-order valence-electron chi connectivity index (χ1n) is 7.34. The Kier molecular flexibility index (Phi) is 4.28. The van der Waals surface area contributed by atoms with Gasteiger partial charge in [-0.05, 0) is 38.1 Å². The largest absolute Gasteiger partial charge is 0.497 e. The Morgan fingerprint density at radius 2 is 2.00 bits per heavy atom. The third-order valence-electron chi connectivity index (χ3n) is 3.32. The van der Waals surface area contributed by atoms with Crippen LogP contribution in [0.3, 0.4) is 0 Å². The summed E-state index contributed by atoms with van der Waals surface area (Å²) in [5.74, 6) is 0.455. The molecule has 1 aromatic carbocycles. The number of anilines is 2. The molecule has 0 bridgehead atoms. The van der Waals surface area contributed by atoms with Crippen LogP contribution in [0.15, 0.2) is 28.8 Å². The Hall–Kier alpha value is -3.16. The molecule has 2 aromatic heterocycles. The average molecular weight is 328 g/mol. The van der Waals surface area contributed by atoms with Crippen LogP contribution in [0.4, 0.5) is 11.5 Å². The van der Waals surface area contributed by atoms with Gasteiger partial charge >= 0.3 is 5.97 Å². The van der Waals surface area contributed by atoms with Gasteiger partial charge in [0.1, 0.15) is 17.0 Å². The topological polar surface area (TPSA) is 99.4 Å². The van der Waals surface area contributed by atoms with Crippen molar-refractivity contribution in [2.75, 3.05) is 19.0 Å². The molecule has 0 unspecified atom stereocenters. The van der Waals surface area contributed by atoms with Gasteiger partial charge < -0.3 is 19.3 Å². The Labute approximate surface area is 137 Å². The zero-order valence-electron chi connectivity index (χ0n) is 13.5. The van der Waals surface area contributed by atoms with Crippen molar-refractivity contribution in [3.05, 3.63) is 35.8 Å². The summed E-state index contributed by atoms with van der Waals surface area (Å²) in [7, 11) is 1.60. The van der Waals surface area contributed by atoms with Gasteiger partial charge in [0.25, 0.3) is 5.71 Å². The molecule has 3 aromatic rings. The summed E-state index contributed by atoms with van der Waals surface area (Å²) in [5, 5.41) is 7.64. The van der Waals surface area contributed by atoms with Gasteiger partial charge in [0.2, 0.25) is 5.82 Å². The quantitative estimate of drug-likeness (QED) is 0.714. The maximum absolute atomic E-state index is 11.9. The van der Waals surface area contributed by atoms with Crippen molar-refractivity contribution in [3.8, 4) is 5.75 Å². The molecule has 0 amide bonds. The number of aryl methyl sites for hydroxylation is 1. The van der Waals surface area contributed by atoms with E-state index in [0.29, 0.717) is 16.9 Å². The van der Waals surface area contributed by atoms with Crippen molar-refractivity contribution >= 4 is 28.6 Å². The van der Waals surface area contributed by atoms with E-state index in [1.807, 2.05) is 24.3 Å². The molecule has 124 valence electrons. The van der Waals surface area contributed by atoms with E-state index in [2.05, 4.69) is 20.4 Å². The molecule has 24 heavy (non-hydrogen) atoms. The van der Waals surface area contributed by atoms with Crippen LogP contribution in [-0.4, -0.2) is 34.8 Å². The van der Waals surface area contributed by atoms with Crippen molar-refractivity contribution in [1.82, 2.24) is 15.1 Å². The minimum absolute atomic E-state index is 0.0866. The van der Waals surface area contributed by atoms with Crippen LogP contribution in [0.25, 0.3) is 11.1 Å². The number of hydrogen-bond acceptors (Lipinski definition) is 8. The van der Waals surface area contributed by atoms with E-state index in [1.54, 1.807) is 21.0 Å². The standard InChI is InChI=1S/C16H16N4O4/c1-4-23-16(21)14-18-13(12-9(2)20-24-15(12)19-14)17-10-5-7-11(22-3)8-6-10/h5-8H,4H2,1-3H3,(H,17,18,19). The third-order valence-corrected chi connectivity index (χ3v) is 3.32. The summed E-state index contributed by atoms with van der Waals surface area (Å²) in [6, 6.07) is 7.29. The van der Waals surface area contributed by atoms with Crippen LogP contribution in [0.2, 0.25) is 0 Å². The summed E-state index contributed by atoms with van der Waals surface area (Å²) >= 11 is 0. The lowest BCUT2D eigenvalue weighted by atomic mass is 10.2. The zero-order chi connectivity index (χ0) is 17.1. The number of nitrogens with one attached hydrogen (secondary N) is 1. The molecular weight excluding hydrogens is 312 g/mol. The molecule has 0 saturated heterocycles. The lowest BCUT2D eigenvalue weighted by Gasteiger charge is -2.09. The third kappa shape index (κ3) is 2.98. The second-order valence-corrected chi connectivity index (χ2v) is 4.92. The number of ether oxygens (including phenoxy) is 2. The first-order chi connectivity index (χ1) is 11.6. The van der Waals surface area contributed by atoms with E-state index in [0.717, 1.165) is 11.4 Å². The van der Waals surface area contributed by atoms with Crippen LogP contribution in [-0.2, 0) is 4.74 Å². The highest BCUT2D eigenvalue weighted by molar-refractivity contribution is 5.94. The van der Waals surface area contributed by atoms with Crippen molar-refractivity contribution in [2.45, 2.75) is 13.8 Å². The second-order valence-electron chi connectivity index (χ2n) is 4.92. The highest BCUT2D eigenvalue weighted by atomic mass is 16.5. The highest BCUT2D eigenvalue weighted by Gasteiger charge is 2.19. The van der Waals surface area contributed by atoms with Crippen molar-refractivity contribution in [2.24, 2.45) is 0 Å². The molecule has 0 spiro atoms. The summed E-state index contributed by atoms with van der Waals surface area (Å²) in [6.07, 6.45) is 0. The molecule has 0 radical (unpaired) electrons. The van der Waals surface area contributed by atoms with Gasteiger partial charge in [0.15, 0.2) is 0 Å². The number of fused-ring (bicyclic) bond motifs is 1. The average Bonchev–Trinajstić information content (AvgIpc) is 2.97. The van der Waals surface area contributed by atoms with Crippen molar-refractivity contribution in [1.29, 1.82) is 0 Å². The van der Waals surface area contributed by atoms with Crippen molar-refractivity contribution < 1.29 is 18.8 Å². The Balaban J connectivity index is 2.03. The number of rotatable bonds is 5. The number of nitrogens with zero attached hydrogens (tertiary/aromatic N) is 3. The Morgan fingerprint density at radius 1 is 1.25 bits per heavy atom. The predicted octanol–water partition coefficient (Wildman–Crippen LogP) is 2.86. The molecule has 0 aliphatic rings. The minimum Gasteiger partial charge on any atom is -0.497 e. The normalized spacial score (nSPS) is 10.6. The van der Waals surface area contributed by atoms with E-state index in [4.69, 9.17) is 14.0 Å². The molecule has 0 fully saturated rings. The van der Waals surface area contributed by atoms with E-state index < -0.39 is 5.97 Å². The fourth-order valence-electron chi connectivity index (χ4n) is 2.18. The van der Waals surface area contributed by atoms with Gasteiger partial charge in [-0.2, -0.15) is 4.98 Å². The van der Waals surface area contributed by atoms with Crippen LogP contribution in [0, 0.1) is 6.92 Å². The van der Waals surface area contributed by atoms with Crippen LogP contribution in [0.5, 0.6) is 5.75 Å². The summed E-state index contributed by atoms with van der Waals surface area (Å²) < 4.78 is 15.2. The molecular formula is C16H16N4O4. The van der Waals surface area contributed by atoms with E-state index in [1.165, 1.54) is 0 Å². The van der Waals surface area contributed by atoms with Crippen LogP contribution >= 0.6 is 0 Å². The number of carbonyl (C=O) groups is 1. The molecule has 1 N–H and O–H groups in total. The lowest BCUT2D eigenvalue weighted by Crippen LogP contribution is -2.11. The molecule has 8 heteroatoms. The van der Waals surface area contributed by atoms with Gasteiger partial charge in [0.05, 0.1) is 19.4 Å². The van der Waals surface area contributed by atoms with Crippen molar-refractivity contribution in [3.63, 3.8) is 0 Å². The second kappa shape index (κ2) is 6.53. The van der Waals surface area contributed by atoms with Gasteiger partial charge in [0, 0.05) is 5.69 Å². The molecule has 0 saturated carbocycles. The molecule has 0 atom stereocenters. The lowest BCUT2D eigenvalue weighted by molar-refractivity contribution is 0.0512. The Bertz CT molecular complexity index is 874. The number of esters is 1. The van der Waals surface area contributed by atoms with Crippen LogP contribution < -0.4 is 10.1 Å². The maximum atomic E-state index is 11.9. The smallest absolute Gasteiger partial charge is 0.376 e. The monoisotopic (exact) mass is 328 g/mol. The number of carbonyl (C=O) groups excluding carboxylic acids is 1.